The molecule has 0 unspecified atom stereocenters. The predicted molar refractivity (Wildman–Crippen MR) is 58.6 cm³/mol. The third-order valence-electron chi connectivity index (χ3n) is 2.77. The minimum Gasteiger partial charge on any atom is -0.384 e. The van der Waals surface area contributed by atoms with Crippen LogP contribution in [0.4, 0.5) is 18.9 Å². The highest BCUT2D eigenvalue weighted by molar-refractivity contribution is 6.09. The molecule has 0 radical (unpaired) electrons. The second kappa shape index (κ2) is 4.44. The number of carbonyl (C=O) groups is 2. The first-order valence-electron chi connectivity index (χ1n) is 5.38. The number of hydrogen-bond acceptors (Lipinski definition) is 3. The third-order valence-corrected chi connectivity index (χ3v) is 2.77. The van der Waals surface area contributed by atoms with Crippen molar-refractivity contribution >= 4 is 17.3 Å². The van der Waals surface area contributed by atoms with Crippen LogP contribution in [0.15, 0.2) is 18.2 Å². The van der Waals surface area contributed by atoms with Gasteiger partial charge < -0.3 is 5.32 Å². The summed E-state index contributed by atoms with van der Waals surface area (Å²) in [6.07, 6.45) is -5.35. The van der Waals surface area contributed by atoms with Crippen molar-refractivity contribution in [3.05, 3.63) is 29.3 Å². The Bertz CT molecular complexity index is 509. The Morgan fingerprint density at radius 2 is 2.00 bits per heavy atom. The molecule has 0 aromatic heterocycles. The van der Waals surface area contributed by atoms with Crippen LogP contribution in [-0.2, 0) is 11.2 Å². The molecule has 0 saturated carbocycles. The van der Waals surface area contributed by atoms with Crippen molar-refractivity contribution in [3.63, 3.8) is 0 Å². The fraction of sp³-hybridized carbons (Fsp3) is 0.333. The highest BCUT2D eigenvalue weighted by atomic mass is 19.4. The van der Waals surface area contributed by atoms with Gasteiger partial charge in [-0.25, -0.2) is 0 Å². The highest BCUT2D eigenvalue weighted by Crippen LogP contribution is 2.24. The summed E-state index contributed by atoms with van der Waals surface area (Å²) in [6.45, 7) is 0.745. The maximum Gasteiger partial charge on any atom is 0.450 e. The quantitative estimate of drug-likeness (QED) is 0.668. The standard InChI is InChI=1S/C12H10F3NO2/c13-12(14,15)11(18)6-10(17)8-1-2-9-7(5-8)3-4-16-9/h1-2,5,16H,3-4,6H2. The van der Waals surface area contributed by atoms with E-state index in [2.05, 4.69) is 5.32 Å². The number of alkyl halides is 3. The molecule has 6 heteroatoms. The van der Waals surface area contributed by atoms with Gasteiger partial charge in [-0.3, -0.25) is 9.59 Å². The molecule has 18 heavy (non-hydrogen) atoms. The van der Waals surface area contributed by atoms with E-state index in [4.69, 9.17) is 0 Å². The summed E-state index contributed by atoms with van der Waals surface area (Å²) in [6, 6.07) is 4.62. The Balaban J connectivity index is 2.13. The Labute approximate surface area is 101 Å². The molecule has 1 N–H and O–H groups in total. The Hall–Kier alpha value is -1.85. The summed E-state index contributed by atoms with van der Waals surface area (Å²) < 4.78 is 36.1. The summed E-state index contributed by atoms with van der Waals surface area (Å²) >= 11 is 0. The van der Waals surface area contributed by atoms with Gasteiger partial charge in [0, 0.05) is 17.8 Å². The molecule has 0 spiro atoms. The fourth-order valence-corrected chi connectivity index (χ4v) is 1.83. The lowest BCUT2D eigenvalue weighted by atomic mass is 10.0. The number of hydrogen-bond donors (Lipinski definition) is 1. The van der Waals surface area contributed by atoms with Crippen molar-refractivity contribution in [2.45, 2.75) is 19.0 Å². The SMILES string of the molecule is O=C(CC(=O)C(F)(F)F)c1ccc2c(c1)CCN2. The van der Waals surface area contributed by atoms with Gasteiger partial charge in [-0.1, -0.05) is 0 Å². The average Bonchev–Trinajstić information content (AvgIpc) is 2.74. The lowest BCUT2D eigenvalue weighted by Crippen LogP contribution is -2.25. The van der Waals surface area contributed by atoms with Crippen LogP contribution in [0.3, 0.4) is 0 Å². The lowest BCUT2D eigenvalue weighted by Gasteiger charge is -2.06. The number of halogens is 3. The molecule has 0 aliphatic carbocycles. The minimum absolute atomic E-state index is 0.148. The monoisotopic (exact) mass is 257 g/mol. The van der Waals surface area contributed by atoms with E-state index in [1.807, 2.05) is 0 Å². The molecule has 96 valence electrons. The van der Waals surface area contributed by atoms with E-state index in [0.717, 1.165) is 24.2 Å². The third kappa shape index (κ3) is 2.52. The Morgan fingerprint density at radius 3 is 2.67 bits per heavy atom. The molecular formula is C12H10F3NO2. The van der Waals surface area contributed by atoms with E-state index in [1.165, 1.54) is 6.07 Å². The van der Waals surface area contributed by atoms with Crippen LogP contribution in [0.5, 0.6) is 0 Å². The molecule has 1 aliphatic rings. The van der Waals surface area contributed by atoms with Crippen LogP contribution in [0.1, 0.15) is 22.3 Å². The van der Waals surface area contributed by atoms with Crippen LogP contribution < -0.4 is 5.32 Å². The summed E-state index contributed by atoms with van der Waals surface area (Å²) in [7, 11) is 0. The van der Waals surface area contributed by atoms with E-state index in [9.17, 15) is 22.8 Å². The summed E-state index contributed by atoms with van der Waals surface area (Å²) in [5.74, 6) is -2.81. The second-order valence-corrected chi connectivity index (χ2v) is 4.07. The van der Waals surface area contributed by atoms with Gasteiger partial charge in [0.2, 0.25) is 5.78 Å². The van der Waals surface area contributed by atoms with E-state index in [0.29, 0.717) is 0 Å². The number of benzene rings is 1. The first-order chi connectivity index (χ1) is 8.38. The van der Waals surface area contributed by atoms with Crippen LogP contribution >= 0.6 is 0 Å². The van der Waals surface area contributed by atoms with E-state index < -0.39 is 24.2 Å². The van der Waals surface area contributed by atoms with Crippen LogP contribution in [-0.4, -0.2) is 24.3 Å². The Morgan fingerprint density at radius 1 is 1.28 bits per heavy atom. The number of rotatable bonds is 3. The van der Waals surface area contributed by atoms with Gasteiger partial charge in [0.1, 0.15) is 0 Å². The summed E-state index contributed by atoms with van der Waals surface area (Å²) in [5, 5.41) is 3.07. The van der Waals surface area contributed by atoms with Crippen molar-refractivity contribution in [2.75, 3.05) is 11.9 Å². The fourth-order valence-electron chi connectivity index (χ4n) is 1.83. The smallest absolute Gasteiger partial charge is 0.384 e. The molecule has 2 rings (SSSR count). The number of ketones is 2. The predicted octanol–water partition coefficient (Wildman–Crippen LogP) is 2.36. The van der Waals surface area contributed by atoms with Crippen molar-refractivity contribution in [1.29, 1.82) is 0 Å². The van der Waals surface area contributed by atoms with Crippen LogP contribution in [0, 0.1) is 0 Å². The van der Waals surface area contributed by atoms with Crippen molar-refractivity contribution in [1.82, 2.24) is 0 Å². The minimum atomic E-state index is -4.95. The largest absolute Gasteiger partial charge is 0.450 e. The second-order valence-electron chi connectivity index (χ2n) is 4.07. The first-order valence-corrected chi connectivity index (χ1v) is 5.38. The van der Waals surface area contributed by atoms with Gasteiger partial charge >= 0.3 is 6.18 Å². The molecule has 0 amide bonds. The zero-order chi connectivity index (χ0) is 13.3. The van der Waals surface area contributed by atoms with Gasteiger partial charge in [-0.05, 0) is 30.2 Å². The molecule has 3 nitrogen and oxygen atoms in total. The zero-order valence-corrected chi connectivity index (χ0v) is 9.30. The number of Topliss-reactive ketones (excluding diaryl/α,β-unsaturated/α-hetero) is 2. The van der Waals surface area contributed by atoms with E-state index in [-0.39, 0.29) is 5.56 Å². The molecule has 0 fully saturated rings. The molecule has 0 atom stereocenters. The first kappa shape index (κ1) is 12.6. The lowest BCUT2D eigenvalue weighted by molar-refractivity contribution is -0.170. The molecule has 1 aromatic carbocycles. The zero-order valence-electron chi connectivity index (χ0n) is 9.30. The highest BCUT2D eigenvalue weighted by Gasteiger charge is 2.39. The van der Waals surface area contributed by atoms with Gasteiger partial charge in [-0.2, -0.15) is 13.2 Å². The van der Waals surface area contributed by atoms with Crippen molar-refractivity contribution < 1.29 is 22.8 Å². The number of fused-ring (bicyclic) bond motifs is 1. The van der Waals surface area contributed by atoms with Gasteiger partial charge in [0.15, 0.2) is 5.78 Å². The van der Waals surface area contributed by atoms with Crippen LogP contribution in [0.2, 0.25) is 0 Å². The molecule has 1 aliphatic heterocycles. The normalized spacial score (nSPS) is 13.9. The molecule has 0 bridgehead atoms. The Kier molecular flexibility index (Phi) is 3.11. The molecular weight excluding hydrogens is 247 g/mol. The van der Waals surface area contributed by atoms with Gasteiger partial charge in [0.25, 0.3) is 0 Å². The van der Waals surface area contributed by atoms with Gasteiger partial charge in [-0.15, -0.1) is 0 Å². The summed E-state index contributed by atoms with van der Waals surface area (Å²) in [5.41, 5.74) is 1.92. The number of nitrogens with one attached hydrogen (secondary N) is 1. The average molecular weight is 257 g/mol. The maximum absolute atomic E-state index is 12.0. The van der Waals surface area contributed by atoms with E-state index in [1.54, 1.807) is 12.1 Å². The van der Waals surface area contributed by atoms with E-state index >= 15 is 0 Å². The summed E-state index contributed by atoms with van der Waals surface area (Å²) in [4.78, 5) is 22.3. The van der Waals surface area contributed by atoms with Gasteiger partial charge in [0.05, 0.1) is 6.42 Å². The molecule has 1 heterocycles. The maximum atomic E-state index is 12.0. The topological polar surface area (TPSA) is 46.2 Å². The van der Waals surface area contributed by atoms with Crippen molar-refractivity contribution in [3.8, 4) is 0 Å². The molecule has 0 saturated heterocycles. The van der Waals surface area contributed by atoms with Crippen LogP contribution in [0.25, 0.3) is 0 Å². The number of carbonyl (C=O) groups excluding carboxylic acids is 2. The van der Waals surface area contributed by atoms with Crippen molar-refractivity contribution in [2.24, 2.45) is 0 Å². The number of anilines is 1. The molecule has 1 aromatic rings.